The summed E-state index contributed by atoms with van der Waals surface area (Å²) in [5.41, 5.74) is 0.560. The molecule has 2 aliphatic heterocycles. The fourth-order valence-corrected chi connectivity index (χ4v) is 5.75. The van der Waals surface area contributed by atoms with Crippen molar-refractivity contribution in [3.8, 4) is 34.5 Å². The molecule has 4 atom stereocenters. The lowest BCUT2D eigenvalue weighted by molar-refractivity contribution is -0.130. The number of carbonyl (C=O) groups is 6. The normalized spacial score (nSPS) is 17.8. The highest BCUT2D eigenvalue weighted by molar-refractivity contribution is 5.94. The first-order valence-electron chi connectivity index (χ1n) is 17.3. The minimum atomic E-state index is -0.797. The predicted molar refractivity (Wildman–Crippen MR) is 198 cm³/mol. The molecule has 0 spiro atoms. The van der Waals surface area contributed by atoms with E-state index in [0.29, 0.717) is 0 Å². The van der Waals surface area contributed by atoms with Gasteiger partial charge in [0.1, 0.15) is 23.7 Å². The highest BCUT2D eigenvalue weighted by atomic mass is 16.7. The van der Waals surface area contributed by atoms with Crippen LogP contribution in [0.25, 0.3) is 0 Å². The van der Waals surface area contributed by atoms with Crippen LogP contribution in [-0.2, 0) is 28.5 Å². The van der Waals surface area contributed by atoms with Gasteiger partial charge in [0.2, 0.25) is 0 Å². The molecule has 0 N–H and O–H groups in total. The van der Waals surface area contributed by atoms with Crippen molar-refractivity contribution < 1.29 is 76.1 Å². The van der Waals surface area contributed by atoms with Crippen molar-refractivity contribution in [1.29, 1.82) is 0 Å². The lowest BCUT2D eigenvalue weighted by Crippen LogP contribution is -2.36. The summed E-state index contributed by atoms with van der Waals surface area (Å²) in [4.78, 5) is 74.6. The first-order valence-corrected chi connectivity index (χ1v) is 17.3. The van der Waals surface area contributed by atoms with E-state index in [4.69, 9.17) is 47.4 Å². The fourth-order valence-electron chi connectivity index (χ4n) is 5.75. The summed E-state index contributed by atoms with van der Waals surface area (Å²) in [6, 6.07) is 19.6. The monoisotopic (exact) mass is 794 g/mol. The topological polar surface area (TPSA) is 195 Å². The molecule has 2 saturated heterocycles. The number of methoxy groups -OCH3 is 2. The second-order valence-corrected chi connectivity index (χ2v) is 12.3. The Balaban J connectivity index is 0.979. The van der Waals surface area contributed by atoms with E-state index < -0.39 is 60.2 Å². The van der Waals surface area contributed by atoms with Gasteiger partial charge in [0, 0.05) is 12.2 Å². The standard InChI is InChI=1S/C42H34O16/c1-5-35(43)55-29-17-11-25(19-31(29)49-3)41(47)53-27-13-7-23(8-14-27)39(45)57-33-21-51-38-34(22-52-37(33)38)58-40(46)24-9-15-28(16-10-24)54-42(48)26-12-18-30(32(20-26)50-4)56-36(44)6-2/h5-20,33-34,37-38H,1-2,21-22H2,3-4H3/t33-,34-,37-,38-/m1/s1. The van der Waals surface area contributed by atoms with E-state index in [9.17, 15) is 28.8 Å². The maximum Gasteiger partial charge on any atom is 0.343 e. The number of carbonyl (C=O) groups excluding carboxylic acids is 6. The minimum Gasteiger partial charge on any atom is -0.493 e. The lowest BCUT2D eigenvalue weighted by Gasteiger charge is -2.17. The molecule has 2 heterocycles. The number of rotatable bonds is 14. The zero-order valence-corrected chi connectivity index (χ0v) is 30.9. The average molecular weight is 795 g/mol. The summed E-state index contributed by atoms with van der Waals surface area (Å²) in [6.07, 6.45) is -1.01. The van der Waals surface area contributed by atoms with Crippen LogP contribution in [0.15, 0.2) is 110 Å². The Hall–Kier alpha value is -7.30. The third-order valence-corrected chi connectivity index (χ3v) is 8.63. The Morgan fingerprint density at radius 2 is 0.862 bits per heavy atom. The van der Waals surface area contributed by atoms with Crippen molar-refractivity contribution in [3.05, 3.63) is 132 Å². The molecule has 0 radical (unpaired) electrons. The zero-order chi connectivity index (χ0) is 41.3. The van der Waals surface area contributed by atoms with E-state index in [2.05, 4.69) is 13.2 Å². The number of hydrogen-bond acceptors (Lipinski definition) is 16. The van der Waals surface area contributed by atoms with E-state index >= 15 is 0 Å². The van der Waals surface area contributed by atoms with Crippen molar-refractivity contribution in [3.63, 3.8) is 0 Å². The summed E-state index contributed by atoms with van der Waals surface area (Å²) in [7, 11) is 2.70. The van der Waals surface area contributed by atoms with Crippen molar-refractivity contribution in [2.45, 2.75) is 24.4 Å². The van der Waals surface area contributed by atoms with Gasteiger partial charge >= 0.3 is 35.8 Å². The third kappa shape index (κ3) is 9.38. The molecule has 2 fully saturated rings. The number of benzene rings is 4. The van der Waals surface area contributed by atoms with Crippen LogP contribution in [0.5, 0.6) is 34.5 Å². The van der Waals surface area contributed by atoms with Crippen molar-refractivity contribution in [2.24, 2.45) is 0 Å². The fraction of sp³-hybridized carbons (Fsp3) is 0.190. The molecule has 4 aromatic carbocycles. The molecular weight excluding hydrogens is 760 g/mol. The van der Waals surface area contributed by atoms with Gasteiger partial charge in [-0.3, -0.25) is 0 Å². The molecule has 0 unspecified atom stereocenters. The van der Waals surface area contributed by atoms with Gasteiger partial charge in [-0.2, -0.15) is 0 Å². The van der Waals surface area contributed by atoms with Crippen LogP contribution in [0.4, 0.5) is 0 Å². The van der Waals surface area contributed by atoms with Gasteiger partial charge < -0.3 is 47.4 Å². The molecule has 0 aliphatic carbocycles. The maximum atomic E-state index is 13.0. The van der Waals surface area contributed by atoms with Crippen LogP contribution >= 0.6 is 0 Å². The second-order valence-electron chi connectivity index (χ2n) is 12.3. The number of hydrogen-bond donors (Lipinski definition) is 0. The Morgan fingerprint density at radius 3 is 1.21 bits per heavy atom. The first-order chi connectivity index (χ1) is 28.0. The van der Waals surface area contributed by atoms with Gasteiger partial charge in [-0.1, -0.05) is 13.2 Å². The van der Waals surface area contributed by atoms with Crippen LogP contribution in [0.3, 0.4) is 0 Å². The summed E-state index contributed by atoms with van der Waals surface area (Å²) in [6.45, 7) is 6.67. The van der Waals surface area contributed by atoms with Gasteiger partial charge in [-0.25, -0.2) is 28.8 Å². The van der Waals surface area contributed by atoms with E-state index in [-0.39, 0.29) is 70.0 Å². The van der Waals surface area contributed by atoms with Crippen LogP contribution in [0, 0.1) is 0 Å². The average Bonchev–Trinajstić information content (AvgIpc) is 3.83. The van der Waals surface area contributed by atoms with Crippen molar-refractivity contribution in [2.75, 3.05) is 27.4 Å². The van der Waals surface area contributed by atoms with E-state index in [1.165, 1.54) is 99.1 Å². The number of ether oxygens (including phenoxy) is 10. The molecule has 0 saturated carbocycles. The molecule has 0 bridgehead atoms. The molecule has 4 aromatic rings. The van der Waals surface area contributed by atoms with E-state index in [0.717, 1.165) is 12.2 Å². The smallest absolute Gasteiger partial charge is 0.343 e. The van der Waals surface area contributed by atoms with Gasteiger partial charge in [0.25, 0.3) is 0 Å². The zero-order valence-electron chi connectivity index (χ0n) is 30.9. The SMILES string of the molecule is C=CC(=O)Oc1ccc(C(=O)Oc2ccc(C(=O)O[C@@H]3CO[C@H]4[C@@H]3OC[C@H]4OC(=O)c3ccc(OC(=O)c4ccc(OC(=O)C=C)c(OC)c4)cc3)cc2)cc1OC. The third-order valence-electron chi connectivity index (χ3n) is 8.63. The van der Waals surface area contributed by atoms with Crippen LogP contribution < -0.4 is 28.4 Å². The highest BCUT2D eigenvalue weighted by Gasteiger charge is 2.51. The summed E-state index contributed by atoms with van der Waals surface area (Å²) >= 11 is 0. The number of esters is 6. The number of fused-ring (bicyclic) bond motifs is 1. The Kier molecular flexibility index (Phi) is 12.6. The second kappa shape index (κ2) is 18.1. The van der Waals surface area contributed by atoms with Gasteiger partial charge in [0.15, 0.2) is 35.2 Å². The van der Waals surface area contributed by atoms with Crippen molar-refractivity contribution in [1.82, 2.24) is 0 Å². The Labute approximate surface area is 330 Å². The molecule has 298 valence electrons. The van der Waals surface area contributed by atoms with Crippen LogP contribution in [0.2, 0.25) is 0 Å². The van der Waals surface area contributed by atoms with Gasteiger partial charge in [-0.15, -0.1) is 0 Å². The molecule has 0 aromatic heterocycles. The van der Waals surface area contributed by atoms with Crippen LogP contribution in [-0.4, -0.2) is 87.7 Å². The summed E-state index contributed by atoms with van der Waals surface area (Å²) in [5, 5.41) is 0. The van der Waals surface area contributed by atoms with Crippen molar-refractivity contribution >= 4 is 35.8 Å². The Morgan fingerprint density at radius 1 is 0.500 bits per heavy atom. The predicted octanol–water partition coefficient (Wildman–Crippen LogP) is 4.87. The molecule has 58 heavy (non-hydrogen) atoms. The van der Waals surface area contributed by atoms with Crippen LogP contribution in [0.1, 0.15) is 41.4 Å². The molecule has 6 rings (SSSR count). The van der Waals surface area contributed by atoms with Gasteiger partial charge in [-0.05, 0) is 84.9 Å². The largest absolute Gasteiger partial charge is 0.493 e. The highest BCUT2D eigenvalue weighted by Crippen LogP contribution is 2.33. The molecule has 2 aliphatic rings. The molecular formula is C42H34O16. The van der Waals surface area contributed by atoms with E-state index in [1.807, 2.05) is 0 Å². The molecule has 16 heteroatoms. The quantitative estimate of drug-likeness (QED) is 0.0952. The minimum absolute atomic E-state index is 0.00546. The van der Waals surface area contributed by atoms with Gasteiger partial charge in [0.05, 0.1) is 49.7 Å². The van der Waals surface area contributed by atoms with E-state index in [1.54, 1.807) is 0 Å². The maximum absolute atomic E-state index is 13.0. The lowest BCUT2D eigenvalue weighted by atomic mass is 10.1. The first kappa shape index (κ1) is 40.4. The molecule has 0 amide bonds. The molecule has 16 nitrogen and oxygen atoms in total. The summed E-state index contributed by atoms with van der Waals surface area (Å²) < 4.78 is 54.3. The summed E-state index contributed by atoms with van der Waals surface area (Å²) in [5.74, 6) is -3.49. The Bertz CT molecular complexity index is 2090.